The third-order valence-corrected chi connectivity index (χ3v) is 9.19. The van der Waals surface area contributed by atoms with Crippen molar-refractivity contribution in [2.24, 2.45) is 0 Å². The Morgan fingerprint density at radius 3 is 2.08 bits per heavy atom. The monoisotopic (exact) mass is 199 g/mol. The molecule has 0 spiro atoms. The molecule has 3 heteroatoms. The van der Waals surface area contributed by atoms with Gasteiger partial charge in [0.1, 0.15) is 0 Å². The van der Waals surface area contributed by atoms with Crippen molar-refractivity contribution in [1.29, 1.82) is 0 Å². The second kappa shape index (κ2) is 4.27. The van der Waals surface area contributed by atoms with Crippen molar-refractivity contribution in [3.05, 3.63) is 0 Å². The van der Waals surface area contributed by atoms with E-state index in [1.165, 1.54) is 18.1 Å². The van der Waals surface area contributed by atoms with Crippen molar-refractivity contribution in [3.63, 3.8) is 0 Å². The number of nitrogens with zero attached hydrogens (tertiary/aromatic N) is 1. The first-order chi connectivity index (χ1) is 6.20. The molecule has 1 heterocycles. The fourth-order valence-corrected chi connectivity index (χ4v) is 6.39. The van der Waals surface area contributed by atoms with E-state index in [1.807, 2.05) is 0 Å². The molecule has 0 saturated carbocycles. The zero-order valence-electron chi connectivity index (χ0n) is 9.10. The number of amides is 1. The first kappa shape index (κ1) is 10.8. The van der Waals surface area contributed by atoms with Crippen LogP contribution < -0.4 is 0 Å². The van der Waals surface area contributed by atoms with Crippen LogP contribution in [0.25, 0.3) is 0 Å². The van der Waals surface area contributed by atoms with Crippen molar-refractivity contribution in [3.8, 4) is 0 Å². The molecule has 0 atom stereocenters. The van der Waals surface area contributed by atoms with E-state index in [4.69, 9.17) is 0 Å². The lowest BCUT2D eigenvalue weighted by Crippen LogP contribution is -2.52. The zero-order valence-corrected chi connectivity index (χ0v) is 10.1. The minimum Gasteiger partial charge on any atom is -0.369 e. The molecule has 0 aliphatic carbocycles. The molecule has 1 amide bonds. The molecule has 0 radical (unpaired) electrons. The van der Waals surface area contributed by atoms with Gasteiger partial charge in [0.2, 0.25) is 5.91 Å². The molecule has 1 aliphatic heterocycles. The molecule has 0 aromatic rings. The van der Waals surface area contributed by atoms with Gasteiger partial charge in [-0.25, -0.2) is 0 Å². The Morgan fingerprint density at radius 1 is 1.23 bits per heavy atom. The molecular formula is C10H21NOSi. The molecule has 1 aliphatic rings. The van der Waals surface area contributed by atoms with Gasteiger partial charge in [0.25, 0.3) is 0 Å². The van der Waals surface area contributed by atoms with Crippen LogP contribution in [0.15, 0.2) is 0 Å². The summed E-state index contributed by atoms with van der Waals surface area (Å²) in [6.07, 6.45) is 1.89. The topological polar surface area (TPSA) is 20.3 Å². The van der Waals surface area contributed by atoms with E-state index in [0.29, 0.717) is 5.91 Å². The minimum absolute atomic E-state index is 0.428. The molecule has 0 aromatic heterocycles. The summed E-state index contributed by atoms with van der Waals surface area (Å²) in [5.74, 6) is 0.428. The summed E-state index contributed by atoms with van der Waals surface area (Å²) in [5.41, 5.74) is 0. The Hall–Kier alpha value is -0.313. The summed E-state index contributed by atoms with van der Waals surface area (Å²) in [6.45, 7) is 7.81. The van der Waals surface area contributed by atoms with E-state index in [9.17, 15) is 4.79 Å². The van der Waals surface area contributed by atoms with Crippen molar-refractivity contribution < 1.29 is 4.79 Å². The lowest BCUT2D eigenvalue weighted by atomic mass is 10.4. The summed E-state index contributed by atoms with van der Waals surface area (Å²) in [6, 6.07) is 3.68. The molecule has 0 unspecified atom stereocenters. The Kier molecular flexibility index (Phi) is 3.53. The smallest absolute Gasteiger partial charge is 0.214 e. The van der Waals surface area contributed by atoms with Gasteiger partial charge in [-0.1, -0.05) is 20.8 Å². The van der Waals surface area contributed by atoms with Crippen LogP contribution in [0.4, 0.5) is 0 Å². The quantitative estimate of drug-likeness (QED) is 0.637. The van der Waals surface area contributed by atoms with Crippen LogP contribution >= 0.6 is 0 Å². The van der Waals surface area contributed by atoms with Crippen molar-refractivity contribution in [2.45, 2.75) is 51.7 Å². The van der Waals surface area contributed by atoms with Crippen LogP contribution in [0.3, 0.4) is 0 Å². The third-order valence-electron chi connectivity index (χ3n) is 3.62. The molecule has 13 heavy (non-hydrogen) atoms. The highest BCUT2D eigenvalue weighted by Crippen LogP contribution is 2.28. The van der Waals surface area contributed by atoms with Gasteiger partial charge in [0, 0.05) is 13.0 Å². The Balaban J connectivity index is 2.79. The SMILES string of the molecule is CC[Si](CC)(CC)N1CCCC1=O. The van der Waals surface area contributed by atoms with E-state index in [-0.39, 0.29) is 0 Å². The van der Waals surface area contributed by atoms with Gasteiger partial charge in [-0.15, -0.1) is 0 Å². The average molecular weight is 199 g/mol. The molecule has 0 aromatic carbocycles. The summed E-state index contributed by atoms with van der Waals surface area (Å²) in [5, 5.41) is 0. The Labute approximate surface area is 82.4 Å². The van der Waals surface area contributed by atoms with Gasteiger partial charge in [-0.3, -0.25) is 4.79 Å². The van der Waals surface area contributed by atoms with E-state index in [0.717, 1.165) is 19.4 Å². The highest BCUT2D eigenvalue weighted by atomic mass is 28.3. The maximum Gasteiger partial charge on any atom is 0.214 e. The molecule has 0 bridgehead atoms. The molecule has 1 saturated heterocycles. The van der Waals surface area contributed by atoms with Gasteiger partial charge >= 0.3 is 0 Å². The predicted molar refractivity (Wildman–Crippen MR) is 58.1 cm³/mol. The number of carbonyl (C=O) groups is 1. The second-order valence-electron chi connectivity index (χ2n) is 3.93. The van der Waals surface area contributed by atoms with Crippen LogP contribution in [0.2, 0.25) is 18.1 Å². The third kappa shape index (κ3) is 1.80. The maximum atomic E-state index is 11.7. The normalized spacial score (nSPS) is 18.4. The van der Waals surface area contributed by atoms with E-state index >= 15 is 0 Å². The minimum atomic E-state index is -1.36. The van der Waals surface area contributed by atoms with E-state index in [1.54, 1.807) is 0 Å². The van der Waals surface area contributed by atoms with E-state index in [2.05, 4.69) is 25.3 Å². The predicted octanol–water partition coefficient (Wildman–Crippen LogP) is 2.61. The van der Waals surface area contributed by atoms with Crippen LogP contribution in [0, 0.1) is 0 Å². The van der Waals surface area contributed by atoms with Crippen LogP contribution in [0.1, 0.15) is 33.6 Å². The van der Waals surface area contributed by atoms with Crippen molar-refractivity contribution >= 4 is 14.1 Å². The zero-order chi connectivity index (χ0) is 9.90. The van der Waals surface area contributed by atoms with Gasteiger partial charge < -0.3 is 4.57 Å². The first-order valence-electron chi connectivity index (χ1n) is 5.50. The first-order valence-corrected chi connectivity index (χ1v) is 8.07. The number of carbonyl (C=O) groups excluding carboxylic acids is 1. The summed E-state index contributed by atoms with van der Waals surface area (Å²) in [7, 11) is -1.36. The molecule has 1 rings (SSSR count). The van der Waals surface area contributed by atoms with Gasteiger partial charge in [-0.2, -0.15) is 0 Å². The number of hydrogen-bond acceptors (Lipinski definition) is 1. The molecule has 1 fully saturated rings. The van der Waals surface area contributed by atoms with Gasteiger partial charge in [0.05, 0.1) is 0 Å². The van der Waals surface area contributed by atoms with Crippen molar-refractivity contribution in [2.75, 3.05) is 6.54 Å². The lowest BCUT2D eigenvalue weighted by Gasteiger charge is -2.38. The van der Waals surface area contributed by atoms with Crippen LogP contribution in [0.5, 0.6) is 0 Å². The Morgan fingerprint density at radius 2 is 1.77 bits per heavy atom. The summed E-state index contributed by atoms with van der Waals surface area (Å²) < 4.78 is 2.26. The summed E-state index contributed by atoms with van der Waals surface area (Å²) in [4.78, 5) is 11.7. The fourth-order valence-electron chi connectivity index (χ4n) is 2.47. The molecular weight excluding hydrogens is 178 g/mol. The number of rotatable bonds is 4. The maximum absolute atomic E-state index is 11.7. The number of hydrogen-bond donors (Lipinski definition) is 0. The molecule has 0 N–H and O–H groups in total. The summed E-state index contributed by atoms with van der Waals surface area (Å²) >= 11 is 0. The van der Waals surface area contributed by atoms with Crippen LogP contribution in [-0.4, -0.2) is 25.3 Å². The largest absolute Gasteiger partial charge is 0.369 e. The second-order valence-corrected chi connectivity index (χ2v) is 9.04. The standard InChI is InChI=1S/C10H21NOSi/c1-4-13(5-2,6-3)11-9-7-8-10(11)12/h4-9H2,1-3H3. The van der Waals surface area contributed by atoms with Crippen LogP contribution in [-0.2, 0) is 4.79 Å². The average Bonchev–Trinajstić information content (AvgIpc) is 2.57. The molecule has 76 valence electrons. The van der Waals surface area contributed by atoms with Gasteiger partial charge in [-0.05, 0) is 24.6 Å². The van der Waals surface area contributed by atoms with E-state index < -0.39 is 8.24 Å². The highest BCUT2D eigenvalue weighted by molar-refractivity contribution is 6.79. The van der Waals surface area contributed by atoms with Gasteiger partial charge in [0.15, 0.2) is 8.24 Å². The molecule has 2 nitrogen and oxygen atoms in total. The lowest BCUT2D eigenvalue weighted by molar-refractivity contribution is -0.124. The fraction of sp³-hybridized carbons (Fsp3) is 0.900. The highest BCUT2D eigenvalue weighted by Gasteiger charge is 2.39. The Bertz CT molecular complexity index is 181. The van der Waals surface area contributed by atoms with Crippen molar-refractivity contribution in [1.82, 2.24) is 4.57 Å².